The Morgan fingerprint density at radius 2 is 2.05 bits per heavy atom. The fourth-order valence-electron chi connectivity index (χ4n) is 1.59. The standard InChI is InChI=1S/C15H18ClNO4/c1-3-8-21-12-6-4-11(5-7-12)9-14(18)17-13(10-16)15(19)20-2/h3-7,13H,1,8-10H2,2H3,(H,17,18). The minimum Gasteiger partial charge on any atom is -0.490 e. The van der Waals surface area contributed by atoms with Gasteiger partial charge in [0.25, 0.3) is 0 Å². The van der Waals surface area contributed by atoms with Gasteiger partial charge in [-0.05, 0) is 17.7 Å². The van der Waals surface area contributed by atoms with Gasteiger partial charge in [0.1, 0.15) is 18.4 Å². The predicted octanol–water partition coefficient (Wildman–Crippen LogP) is 1.69. The molecule has 0 aliphatic rings. The molecule has 1 aromatic carbocycles. The van der Waals surface area contributed by atoms with E-state index in [2.05, 4.69) is 16.6 Å². The molecule has 5 nitrogen and oxygen atoms in total. The Labute approximate surface area is 128 Å². The molecule has 0 aliphatic heterocycles. The number of carbonyl (C=O) groups is 2. The van der Waals surface area contributed by atoms with Crippen LogP contribution in [0.2, 0.25) is 0 Å². The van der Waals surface area contributed by atoms with Crippen molar-refractivity contribution < 1.29 is 19.1 Å². The summed E-state index contributed by atoms with van der Waals surface area (Å²) in [6.07, 6.45) is 1.80. The Balaban J connectivity index is 2.54. The third-order valence-electron chi connectivity index (χ3n) is 2.63. The molecule has 0 fully saturated rings. The van der Waals surface area contributed by atoms with Crippen molar-refractivity contribution in [3.05, 3.63) is 42.5 Å². The number of nitrogens with one attached hydrogen (secondary N) is 1. The summed E-state index contributed by atoms with van der Waals surface area (Å²) < 4.78 is 9.89. The molecule has 114 valence electrons. The highest BCUT2D eigenvalue weighted by Crippen LogP contribution is 2.12. The number of benzene rings is 1. The third kappa shape index (κ3) is 5.87. The van der Waals surface area contributed by atoms with Crippen molar-refractivity contribution in [3.8, 4) is 5.75 Å². The van der Waals surface area contributed by atoms with Gasteiger partial charge in [0, 0.05) is 0 Å². The van der Waals surface area contributed by atoms with Crippen molar-refractivity contribution >= 4 is 23.5 Å². The maximum absolute atomic E-state index is 11.8. The summed E-state index contributed by atoms with van der Waals surface area (Å²) in [7, 11) is 1.25. The first-order chi connectivity index (χ1) is 10.1. The highest BCUT2D eigenvalue weighted by molar-refractivity contribution is 6.19. The van der Waals surface area contributed by atoms with Gasteiger partial charge in [-0.1, -0.05) is 24.8 Å². The number of hydrogen-bond donors (Lipinski definition) is 1. The Hall–Kier alpha value is -2.01. The van der Waals surface area contributed by atoms with Gasteiger partial charge in [0.2, 0.25) is 5.91 Å². The zero-order chi connectivity index (χ0) is 15.7. The SMILES string of the molecule is C=CCOc1ccc(CC(=O)NC(CCl)C(=O)OC)cc1. The van der Waals surface area contributed by atoms with Crippen LogP contribution < -0.4 is 10.1 Å². The molecule has 0 spiro atoms. The number of alkyl halides is 1. The lowest BCUT2D eigenvalue weighted by atomic mass is 10.1. The number of ether oxygens (including phenoxy) is 2. The number of rotatable bonds is 8. The number of esters is 1. The highest BCUT2D eigenvalue weighted by atomic mass is 35.5. The van der Waals surface area contributed by atoms with Crippen LogP contribution >= 0.6 is 11.6 Å². The number of methoxy groups -OCH3 is 1. The average molecular weight is 312 g/mol. The van der Waals surface area contributed by atoms with Crippen molar-refractivity contribution in [2.45, 2.75) is 12.5 Å². The molecule has 1 unspecified atom stereocenters. The Morgan fingerprint density at radius 1 is 1.38 bits per heavy atom. The monoisotopic (exact) mass is 311 g/mol. The predicted molar refractivity (Wildman–Crippen MR) is 80.5 cm³/mol. The number of amides is 1. The fourth-order valence-corrected chi connectivity index (χ4v) is 1.80. The number of carbonyl (C=O) groups excluding carboxylic acids is 2. The van der Waals surface area contributed by atoms with Crippen LogP contribution in [-0.2, 0) is 20.7 Å². The van der Waals surface area contributed by atoms with Crippen molar-refractivity contribution in [2.75, 3.05) is 19.6 Å². The van der Waals surface area contributed by atoms with E-state index in [1.807, 2.05) is 0 Å². The Morgan fingerprint density at radius 3 is 2.57 bits per heavy atom. The lowest BCUT2D eigenvalue weighted by Gasteiger charge is -2.13. The first kappa shape index (κ1) is 17.0. The van der Waals surface area contributed by atoms with Crippen LogP contribution in [0, 0.1) is 0 Å². The number of hydrogen-bond acceptors (Lipinski definition) is 4. The van der Waals surface area contributed by atoms with Gasteiger partial charge in [-0.3, -0.25) is 4.79 Å². The van der Waals surface area contributed by atoms with E-state index in [4.69, 9.17) is 16.3 Å². The topological polar surface area (TPSA) is 64.6 Å². The highest BCUT2D eigenvalue weighted by Gasteiger charge is 2.20. The molecule has 1 amide bonds. The second-order valence-electron chi connectivity index (χ2n) is 4.22. The van der Waals surface area contributed by atoms with Gasteiger partial charge < -0.3 is 14.8 Å². The zero-order valence-corrected chi connectivity index (χ0v) is 12.6. The molecule has 21 heavy (non-hydrogen) atoms. The van der Waals surface area contributed by atoms with Gasteiger partial charge in [-0.25, -0.2) is 4.79 Å². The average Bonchev–Trinajstić information content (AvgIpc) is 2.51. The summed E-state index contributed by atoms with van der Waals surface area (Å²) in [4.78, 5) is 23.2. The van der Waals surface area contributed by atoms with Crippen molar-refractivity contribution in [2.24, 2.45) is 0 Å². The second kappa shape index (κ2) is 9.02. The first-order valence-corrected chi connectivity index (χ1v) is 6.90. The van der Waals surface area contributed by atoms with E-state index in [0.29, 0.717) is 12.4 Å². The smallest absolute Gasteiger partial charge is 0.329 e. The molecule has 1 N–H and O–H groups in total. The molecular weight excluding hydrogens is 294 g/mol. The maximum Gasteiger partial charge on any atom is 0.329 e. The molecule has 0 saturated heterocycles. The normalized spacial score (nSPS) is 11.3. The quantitative estimate of drug-likeness (QED) is 0.451. The van der Waals surface area contributed by atoms with Gasteiger partial charge in [0.15, 0.2) is 0 Å². The van der Waals surface area contributed by atoms with E-state index in [1.54, 1.807) is 30.3 Å². The molecule has 1 aromatic rings. The molecule has 1 rings (SSSR count). The van der Waals surface area contributed by atoms with E-state index in [9.17, 15) is 9.59 Å². The van der Waals surface area contributed by atoms with Crippen LogP contribution in [0.4, 0.5) is 0 Å². The summed E-state index contributed by atoms with van der Waals surface area (Å²) in [6.45, 7) is 3.99. The molecule has 0 radical (unpaired) electrons. The van der Waals surface area contributed by atoms with Gasteiger partial charge >= 0.3 is 5.97 Å². The Kier molecular flexibility index (Phi) is 7.32. The molecule has 1 atom stereocenters. The minimum absolute atomic E-state index is 0.0350. The van der Waals surface area contributed by atoms with Crippen LogP contribution in [0.3, 0.4) is 0 Å². The number of halogens is 1. The maximum atomic E-state index is 11.8. The van der Waals surface area contributed by atoms with Crippen LogP contribution in [-0.4, -0.2) is 37.5 Å². The Bertz CT molecular complexity index is 487. The van der Waals surface area contributed by atoms with Crippen LogP contribution in [0.5, 0.6) is 5.75 Å². The van der Waals surface area contributed by atoms with E-state index >= 15 is 0 Å². The first-order valence-electron chi connectivity index (χ1n) is 6.36. The summed E-state index contributed by atoms with van der Waals surface area (Å²) in [5, 5.41) is 2.52. The third-order valence-corrected chi connectivity index (χ3v) is 2.94. The lowest BCUT2D eigenvalue weighted by molar-refractivity contribution is -0.144. The van der Waals surface area contributed by atoms with Gasteiger partial charge in [-0.2, -0.15) is 0 Å². The molecule has 0 bridgehead atoms. The van der Waals surface area contributed by atoms with E-state index in [-0.39, 0.29) is 18.2 Å². The van der Waals surface area contributed by atoms with E-state index < -0.39 is 12.0 Å². The van der Waals surface area contributed by atoms with Gasteiger partial charge in [-0.15, -0.1) is 11.6 Å². The molecular formula is C15H18ClNO4. The van der Waals surface area contributed by atoms with Crippen molar-refractivity contribution in [3.63, 3.8) is 0 Å². The summed E-state index contributed by atoms with van der Waals surface area (Å²) in [5.41, 5.74) is 0.802. The van der Waals surface area contributed by atoms with Crippen LogP contribution in [0.1, 0.15) is 5.56 Å². The molecule has 0 aliphatic carbocycles. The molecule has 6 heteroatoms. The van der Waals surface area contributed by atoms with Crippen molar-refractivity contribution in [1.82, 2.24) is 5.32 Å². The van der Waals surface area contributed by atoms with Crippen molar-refractivity contribution in [1.29, 1.82) is 0 Å². The lowest BCUT2D eigenvalue weighted by Crippen LogP contribution is -2.43. The summed E-state index contributed by atoms with van der Waals surface area (Å²) in [6, 6.07) is 6.27. The minimum atomic E-state index is -0.834. The van der Waals surface area contributed by atoms with Crippen LogP contribution in [0.25, 0.3) is 0 Å². The molecule has 0 aromatic heterocycles. The van der Waals surface area contributed by atoms with E-state index in [1.165, 1.54) is 7.11 Å². The van der Waals surface area contributed by atoms with Crippen LogP contribution in [0.15, 0.2) is 36.9 Å². The second-order valence-corrected chi connectivity index (χ2v) is 4.53. The fraction of sp³-hybridized carbons (Fsp3) is 0.333. The zero-order valence-electron chi connectivity index (χ0n) is 11.8. The summed E-state index contributed by atoms with van der Waals surface area (Å²) in [5.74, 6) is -0.197. The molecule has 0 heterocycles. The summed E-state index contributed by atoms with van der Waals surface area (Å²) >= 11 is 5.62. The molecule has 0 saturated carbocycles. The van der Waals surface area contributed by atoms with Gasteiger partial charge in [0.05, 0.1) is 19.4 Å². The largest absolute Gasteiger partial charge is 0.490 e. The van der Waals surface area contributed by atoms with E-state index in [0.717, 1.165) is 5.56 Å².